The molecule has 0 fully saturated rings. The Bertz CT molecular complexity index is 460. The van der Waals surface area contributed by atoms with Crippen LogP contribution in [0.25, 0.3) is 0 Å². The van der Waals surface area contributed by atoms with Crippen molar-refractivity contribution < 1.29 is 14.7 Å². The number of aryl methyl sites for hydroxylation is 2. The number of carboxylic acid groups (broad SMARTS) is 1. The minimum Gasteiger partial charge on any atom is -0.481 e. The van der Waals surface area contributed by atoms with E-state index in [-0.39, 0.29) is 12.3 Å². The summed E-state index contributed by atoms with van der Waals surface area (Å²) in [7, 11) is 1.64. The van der Waals surface area contributed by atoms with Crippen molar-refractivity contribution in [3.8, 4) is 0 Å². The van der Waals surface area contributed by atoms with Crippen molar-refractivity contribution in [3.05, 3.63) is 23.3 Å². The van der Waals surface area contributed by atoms with Gasteiger partial charge < -0.3 is 10.0 Å². The maximum atomic E-state index is 12.1. The van der Waals surface area contributed by atoms with Crippen LogP contribution in [0.15, 0.2) is 6.20 Å². The summed E-state index contributed by atoms with van der Waals surface area (Å²) in [6.07, 6.45) is 2.00. The highest BCUT2D eigenvalue weighted by atomic mass is 16.4. The number of amides is 1. The number of aliphatic carboxylic acids is 1. The number of nitrogens with zero attached hydrogens (tertiary/aromatic N) is 3. The van der Waals surface area contributed by atoms with Crippen molar-refractivity contribution in [2.45, 2.75) is 26.7 Å². The smallest absolute Gasteiger partial charge is 0.303 e. The Morgan fingerprint density at radius 3 is 2.61 bits per heavy atom. The molecule has 0 saturated carbocycles. The van der Waals surface area contributed by atoms with E-state index in [9.17, 15) is 9.59 Å². The van der Waals surface area contributed by atoms with Crippen molar-refractivity contribution in [1.82, 2.24) is 14.9 Å². The fourth-order valence-corrected chi connectivity index (χ4v) is 1.57. The molecule has 6 heteroatoms. The number of carbonyl (C=O) groups is 2. The van der Waals surface area contributed by atoms with E-state index in [1.165, 1.54) is 11.1 Å². The average Bonchev–Trinajstić information content (AvgIpc) is 2.27. The van der Waals surface area contributed by atoms with Gasteiger partial charge in [0.15, 0.2) is 0 Å². The second-order valence-electron chi connectivity index (χ2n) is 4.14. The van der Waals surface area contributed by atoms with Gasteiger partial charge in [-0.25, -0.2) is 9.97 Å². The molecule has 0 spiro atoms. The second kappa shape index (κ2) is 6.09. The lowest BCUT2D eigenvalue weighted by atomic mass is 10.2. The van der Waals surface area contributed by atoms with E-state index in [0.717, 1.165) is 0 Å². The first-order chi connectivity index (χ1) is 8.41. The monoisotopic (exact) mass is 251 g/mol. The molecule has 1 rings (SSSR count). The standard InChI is InChI=1S/C12H17N3O3/c1-8-10(7-13-9(2)14-8)12(18)15(3)6-4-5-11(16)17/h7H,4-6H2,1-3H3,(H,16,17). The highest BCUT2D eigenvalue weighted by molar-refractivity contribution is 5.94. The maximum absolute atomic E-state index is 12.1. The van der Waals surface area contributed by atoms with Gasteiger partial charge in [-0.15, -0.1) is 0 Å². The molecule has 0 aliphatic rings. The van der Waals surface area contributed by atoms with Gasteiger partial charge in [-0.1, -0.05) is 0 Å². The number of hydrogen-bond acceptors (Lipinski definition) is 4. The number of carbonyl (C=O) groups excluding carboxylic acids is 1. The van der Waals surface area contributed by atoms with Crippen LogP contribution in [0.4, 0.5) is 0 Å². The van der Waals surface area contributed by atoms with Gasteiger partial charge in [-0.3, -0.25) is 9.59 Å². The second-order valence-corrected chi connectivity index (χ2v) is 4.14. The van der Waals surface area contributed by atoms with Crippen LogP contribution in [0.3, 0.4) is 0 Å². The van der Waals surface area contributed by atoms with Gasteiger partial charge in [0.2, 0.25) is 0 Å². The number of rotatable bonds is 5. The van der Waals surface area contributed by atoms with Crippen molar-refractivity contribution in [3.63, 3.8) is 0 Å². The molecule has 1 amide bonds. The van der Waals surface area contributed by atoms with Crippen molar-refractivity contribution in [2.75, 3.05) is 13.6 Å². The molecule has 0 bridgehead atoms. The minimum absolute atomic E-state index is 0.0565. The van der Waals surface area contributed by atoms with Crippen LogP contribution in [0.1, 0.15) is 34.7 Å². The molecule has 0 aliphatic carbocycles. The summed E-state index contributed by atoms with van der Waals surface area (Å²) in [5.41, 5.74) is 1.09. The van der Waals surface area contributed by atoms with Crippen LogP contribution >= 0.6 is 0 Å². The Morgan fingerprint density at radius 2 is 2.06 bits per heavy atom. The molecule has 0 saturated heterocycles. The van der Waals surface area contributed by atoms with E-state index < -0.39 is 5.97 Å². The number of carboxylic acids is 1. The van der Waals surface area contributed by atoms with Gasteiger partial charge >= 0.3 is 5.97 Å². The molecule has 18 heavy (non-hydrogen) atoms. The summed E-state index contributed by atoms with van der Waals surface area (Å²) in [5.74, 6) is -0.416. The van der Waals surface area contributed by atoms with E-state index in [4.69, 9.17) is 5.11 Å². The Morgan fingerprint density at radius 1 is 1.39 bits per heavy atom. The number of hydrogen-bond donors (Lipinski definition) is 1. The van der Waals surface area contributed by atoms with Gasteiger partial charge in [0.25, 0.3) is 5.91 Å². The van der Waals surface area contributed by atoms with E-state index in [2.05, 4.69) is 9.97 Å². The van der Waals surface area contributed by atoms with Crippen LogP contribution < -0.4 is 0 Å². The summed E-state index contributed by atoms with van der Waals surface area (Å²) < 4.78 is 0. The Balaban J connectivity index is 2.65. The molecule has 1 N–H and O–H groups in total. The number of aromatic nitrogens is 2. The van der Waals surface area contributed by atoms with E-state index in [1.807, 2.05) is 0 Å². The third-order valence-corrected chi connectivity index (χ3v) is 2.56. The molecule has 1 aromatic rings. The molecule has 1 heterocycles. The predicted octanol–water partition coefficient (Wildman–Crippen LogP) is 1.03. The van der Waals surface area contributed by atoms with E-state index >= 15 is 0 Å². The van der Waals surface area contributed by atoms with Crippen LogP contribution in [-0.4, -0.2) is 45.4 Å². The SMILES string of the molecule is Cc1ncc(C(=O)N(C)CCCC(=O)O)c(C)n1. The molecule has 0 atom stereocenters. The van der Waals surface area contributed by atoms with E-state index in [1.54, 1.807) is 20.9 Å². The zero-order valence-corrected chi connectivity index (χ0v) is 10.8. The first-order valence-corrected chi connectivity index (χ1v) is 5.69. The van der Waals surface area contributed by atoms with Crippen LogP contribution in [0.5, 0.6) is 0 Å². The zero-order chi connectivity index (χ0) is 13.7. The highest BCUT2D eigenvalue weighted by Gasteiger charge is 2.15. The fourth-order valence-electron chi connectivity index (χ4n) is 1.57. The first-order valence-electron chi connectivity index (χ1n) is 5.69. The summed E-state index contributed by atoms with van der Waals surface area (Å²) in [6, 6.07) is 0. The average molecular weight is 251 g/mol. The third kappa shape index (κ3) is 3.80. The lowest BCUT2D eigenvalue weighted by molar-refractivity contribution is -0.137. The van der Waals surface area contributed by atoms with Crippen LogP contribution in [-0.2, 0) is 4.79 Å². The molecule has 1 aromatic heterocycles. The van der Waals surface area contributed by atoms with Gasteiger partial charge in [0, 0.05) is 26.2 Å². The summed E-state index contributed by atoms with van der Waals surface area (Å²) in [4.78, 5) is 32.1. The van der Waals surface area contributed by atoms with Gasteiger partial charge in [0.1, 0.15) is 5.82 Å². The molecule has 0 aliphatic heterocycles. The largest absolute Gasteiger partial charge is 0.481 e. The summed E-state index contributed by atoms with van der Waals surface area (Å²) >= 11 is 0. The normalized spacial score (nSPS) is 10.2. The molecule has 0 aromatic carbocycles. The Hall–Kier alpha value is -1.98. The molecular formula is C12H17N3O3. The van der Waals surface area contributed by atoms with Crippen molar-refractivity contribution in [2.24, 2.45) is 0 Å². The molecule has 98 valence electrons. The molecule has 6 nitrogen and oxygen atoms in total. The van der Waals surface area contributed by atoms with Crippen LogP contribution in [0, 0.1) is 13.8 Å². The van der Waals surface area contributed by atoms with Crippen molar-refractivity contribution in [1.29, 1.82) is 0 Å². The lowest BCUT2D eigenvalue weighted by Gasteiger charge is -2.17. The fraction of sp³-hybridized carbons (Fsp3) is 0.500. The zero-order valence-electron chi connectivity index (χ0n) is 10.8. The predicted molar refractivity (Wildman–Crippen MR) is 65.3 cm³/mol. The highest BCUT2D eigenvalue weighted by Crippen LogP contribution is 2.07. The lowest BCUT2D eigenvalue weighted by Crippen LogP contribution is -2.29. The quantitative estimate of drug-likeness (QED) is 0.845. The van der Waals surface area contributed by atoms with Gasteiger partial charge in [0.05, 0.1) is 11.3 Å². The topological polar surface area (TPSA) is 83.4 Å². The third-order valence-electron chi connectivity index (χ3n) is 2.56. The Kier molecular flexibility index (Phi) is 4.76. The summed E-state index contributed by atoms with van der Waals surface area (Å²) in [5, 5.41) is 8.53. The summed E-state index contributed by atoms with van der Waals surface area (Å²) in [6.45, 7) is 3.92. The molecule has 0 radical (unpaired) electrons. The van der Waals surface area contributed by atoms with E-state index in [0.29, 0.717) is 30.0 Å². The van der Waals surface area contributed by atoms with Gasteiger partial charge in [-0.05, 0) is 20.3 Å². The van der Waals surface area contributed by atoms with Crippen LogP contribution in [0.2, 0.25) is 0 Å². The van der Waals surface area contributed by atoms with Gasteiger partial charge in [-0.2, -0.15) is 0 Å². The molecular weight excluding hydrogens is 234 g/mol. The first kappa shape index (κ1) is 14.1. The van der Waals surface area contributed by atoms with Crippen molar-refractivity contribution >= 4 is 11.9 Å². The maximum Gasteiger partial charge on any atom is 0.303 e. The molecule has 0 unspecified atom stereocenters. The minimum atomic E-state index is -0.856. The Labute approximate surface area is 106 Å².